The maximum atomic E-state index is 12.7. The molecule has 0 fully saturated rings. The number of esters is 2. The standard InChI is InChI=1S/C47H92NO10P/c1-3-5-7-9-11-13-15-16-17-18-19-20-21-22-23-24-25-26-27-29-31-33-35-37-39-46(50)58-43(41-56-59(53,54)57-42-44(48)47(51)52)40-55-45(49)38-36-34-32-30-28-14-12-10-8-6-4-2/h43-44H,3-42,48H2,1-2H3,(H,51,52)(H,53,54). The monoisotopic (exact) mass is 862 g/mol. The summed E-state index contributed by atoms with van der Waals surface area (Å²) in [7, 11) is -4.71. The van der Waals surface area contributed by atoms with Gasteiger partial charge in [-0.2, -0.15) is 0 Å². The normalized spacial score (nSPS) is 13.6. The van der Waals surface area contributed by atoms with E-state index in [4.69, 9.17) is 24.8 Å². The number of phosphoric ester groups is 1. The van der Waals surface area contributed by atoms with Gasteiger partial charge in [0, 0.05) is 12.8 Å². The fourth-order valence-electron chi connectivity index (χ4n) is 7.24. The summed E-state index contributed by atoms with van der Waals surface area (Å²) >= 11 is 0. The molecule has 0 radical (unpaired) electrons. The Kier molecular flexibility index (Phi) is 42.0. The smallest absolute Gasteiger partial charge is 0.472 e. The molecule has 3 atom stereocenters. The number of carboxylic acid groups (broad SMARTS) is 1. The van der Waals surface area contributed by atoms with Gasteiger partial charge in [0.1, 0.15) is 12.6 Å². The molecule has 0 heterocycles. The van der Waals surface area contributed by atoms with Crippen molar-refractivity contribution in [1.82, 2.24) is 0 Å². The second-order valence-corrected chi connectivity index (χ2v) is 18.4. The zero-order valence-electron chi connectivity index (χ0n) is 38.1. The summed E-state index contributed by atoms with van der Waals surface area (Å²) < 4.78 is 32.7. The molecule has 350 valence electrons. The van der Waals surface area contributed by atoms with Crippen LogP contribution in [0.1, 0.15) is 251 Å². The van der Waals surface area contributed by atoms with E-state index < -0.39 is 51.1 Å². The third-order valence-electron chi connectivity index (χ3n) is 11.1. The molecule has 0 aromatic heterocycles. The Morgan fingerprint density at radius 3 is 1.07 bits per heavy atom. The molecule has 0 aromatic carbocycles. The molecule has 12 heteroatoms. The maximum Gasteiger partial charge on any atom is 0.472 e. The molecular weight excluding hydrogens is 769 g/mol. The van der Waals surface area contributed by atoms with E-state index in [2.05, 4.69) is 18.4 Å². The van der Waals surface area contributed by atoms with Crippen molar-refractivity contribution in [2.75, 3.05) is 19.8 Å². The number of carbonyl (C=O) groups excluding carboxylic acids is 2. The van der Waals surface area contributed by atoms with Gasteiger partial charge >= 0.3 is 25.7 Å². The number of unbranched alkanes of at least 4 members (excludes halogenated alkanes) is 33. The van der Waals surface area contributed by atoms with Crippen LogP contribution in [0.5, 0.6) is 0 Å². The minimum absolute atomic E-state index is 0.170. The number of hydrogen-bond donors (Lipinski definition) is 3. The molecule has 0 aliphatic carbocycles. The predicted molar refractivity (Wildman–Crippen MR) is 240 cm³/mol. The molecule has 0 bridgehead atoms. The van der Waals surface area contributed by atoms with Crippen molar-refractivity contribution < 1.29 is 47.5 Å². The lowest BCUT2D eigenvalue weighted by molar-refractivity contribution is -0.161. The maximum absolute atomic E-state index is 12.7. The van der Waals surface area contributed by atoms with E-state index in [1.807, 2.05) is 0 Å². The fourth-order valence-corrected chi connectivity index (χ4v) is 8.02. The van der Waals surface area contributed by atoms with Crippen LogP contribution in [0.3, 0.4) is 0 Å². The first-order valence-electron chi connectivity index (χ1n) is 24.6. The van der Waals surface area contributed by atoms with Crippen molar-refractivity contribution in [1.29, 1.82) is 0 Å². The Bertz CT molecular complexity index is 1020. The van der Waals surface area contributed by atoms with E-state index in [-0.39, 0.29) is 19.4 Å². The quantitative estimate of drug-likeness (QED) is 0.0302. The molecule has 0 saturated carbocycles. The zero-order valence-corrected chi connectivity index (χ0v) is 39.0. The second-order valence-electron chi connectivity index (χ2n) is 17.0. The van der Waals surface area contributed by atoms with E-state index in [1.165, 1.54) is 173 Å². The first kappa shape index (κ1) is 57.5. The summed E-state index contributed by atoms with van der Waals surface area (Å²) in [6.45, 7) is 2.84. The van der Waals surface area contributed by atoms with Gasteiger partial charge in [-0.25, -0.2) is 4.57 Å². The molecule has 59 heavy (non-hydrogen) atoms. The molecule has 4 N–H and O–H groups in total. The van der Waals surface area contributed by atoms with Crippen LogP contribution in [0.15, 0.2) is 0 Å². The Morgan fingerprint density at radius 2 is 0.746 bits per heavy atom. The van der Waals surface area contributed by atoms with E-state index >= 15 is 0 Å². The number of phosphoric acid groups is 1. The van der Waals surface area contributed by atoms with E-state index in [0.29, 0.717) is 12.8 Å². The summed E-state index contributed by atoms with van der Waals surface area (Å²) in [5.74, 6) is -2.36. The summed E-state index contributed by atoms with van der Waals surface area (Å²) in [5.41, 5.74) is 5.34. The van der Waals surface area contributed by atoms with Gasteiger partial charge in [-0.1, -0.05) is 226 Å². The minimum Gasteiger partial charge on any atom is -0.480 e. The lowest BCUT2D eigenvalue weighted by Crippen LogP contribution is -2.34. The highest BCUT2D eigenvalue weighted by Gasteiger charge is 2.28. The molecule has 0 rings (SSSR count). The summed E-state index contributed by atoms with van der Waals surface area (Å²) in [4.78, 5) is 46.0. The second kappa shape index (κ2) is 43.1. The number of hydrogen-bond acceptors (Lipinski definition) is 9. The van der Waals surface area contributed by atoms with Gasteiger partial charge in [0.25, 0.3) is 0 Å². The molecule has 0 spiro atoms. The Balaban J connectivity index is 4.12. The highest BCUT2D eigenvalue weighted by Crippen LogP contribution is 2.43. The van der Waals surface area contributed by atoms with Gasteiger partial charge in [0.2, 0.25) is 0 Å². The molecular formula is C47H92NO10P. The van der Waals surface area contributed by atoms with Gasteiger partial charge < -0.3 is 25.2 Å². The first-order chi connectivity index (χ1) is 28.6. The number of aliphatic carboxylic acids is 1. The fraction of sp³-hybridized carbons (Fsp3) is 0.936. The van der Waals surface area contributed by atoms with Crippen molar-refractivity contribution >= 4 is 25.7 Å². The molecule has 11 nitrogen and oxygen atoms in total. The molecule has 0 aliphatic heterocycles. The summed E-state index contributed by atoms with van der Waals surface area (Å²) in [5, 5.41) is 8.90. The first-order valence-corrected chi connectivity index (χ1v) is 26.1. The highest BCUT2D eigenvalue weighted by molar-refractivity contribution is 7.47. The number of rotatable bonds is 47. The number of nitrogens with two attached hydrogens (primary N) is 1. The third kappa shape index (κ3) is 42.9. The molecule has 3 unspecified atom stereocenters. The Morgan fingerprint density at radius 1 is 0.458 bits per heavy atom. The van der Waals surface area contributed by atoms with Crippen LogP contribution in [0.25, 0.3) is 0 Å². The van der Waals surface area contributed by atoms with E-state index in [1.54, 1.807) is 0 Å². The van der Waals surface area contributed by atoms with Crippen molar-refractivity contribution in [2.45, 2.75) is 264 Å². The van der Waals surface area contributed by atoms with Crippen LogP contribution in [0.4, 0.5) is 0 Å². The molecule has 0 amide bonds. The number of ether oxygens (including phenoxy) is 2. The van der Waals surface area contributed by atoms with Gasteiger partial charge in [-0.05, 0) is 12.8 Å². The van der Waals surface area contributed by atoms with Gasteiger partial charge in [0.15, 0.2) is 6.10 Å². The van der Waals surface area contributed by atoms with Gasteiger partial charge in [-0.15, -0.1) is 0 Å². The Labute approximate surface area is 361 Å². The summed E-state index contributed by atoms with van der Waals surface area (Å²) in [6, 6.07) is -1.52. The highest BCUT2D eigenvalue weighted by atomic mass is 31.2. The van der Waals surface area contributed by atoms with Gasteiger partial charge in [-0.3, -0.25) is 23.4 Å². The van der Waals surface area contributed by atoms with Crippen LogP contribution in [0.2, 0.25) is 0 Å². The van der Waals surface area contributed by atoms with Crippen LogP contribution in [-0.2, 0) is 37.5 Å². The van der Waals surface area contributed by atoms with Crippen molar-refractivity contribution in [3.63, 3.8) is 0 Å². The van der Waals surface area contributed by atoms with E-state index in [9.17, 15) is 23.8 Å². The van der Waals surface area contributed by atoms with Crippen molar-refractivity contribution in [3.05, 3.63) is 0 Å². The van der Waals surface area contributed by atoms with Crippen molar-refractivity contribution in [2.24, 2.45) is 5.73 Å². The van der Waals surface area contributed by atoms with Crippen LogP contribution < -0.4 is 5.73 Å². The molecule has 0 aliphatic rings. The largest absolute Gasteiger partial charge is 0.480 e. The lowest BCUT2D eigenvalue weighted by atomic mass is 10.0. The van der Waals surface area contributed by atoms with Gasteiger partial charge in [0.05, 0.1) is 13.2 Å². The van der Waals surface area contributed by atoms with Crippen LogP contribution in [-0.4, -0.2) is 59.9 Å². The zero-order chi connectivity index (χ0) is 43.5. The topological polar surface area (TPSA) is 172 Å². The molecule has 0 saturated heterocycles. The SMILES string of the molecule is CCCCCCCCCCCCCCCCCCCCCCCCCCC(=O)OC(COC(=O)CCCCCCCCCCCCC)COP(=O)(O)OCC(N)C(=O)O. The lowest BCUT2D eigenvalue weighted by Gasteiger charge is -2.20. The Hall–Kier alpha value is -1.52. The number of carbonyl (C=O) groups is 3. The van der Waals surface area contributed by atoms with Crippen LogP contribution >= 0.6 is 7.82 Å². The average molecular weight is 862 g/mol. The summed E-state index contributed by atoms with van der Waals surface area (Å²) in [6.07, 6.45) is 43.2. The third-order valence-corrected chi connectivity index (χ3v) is 12.1. The number of carboxylic acids is 1. The molecule has 0 aromatic rings. The average Bonchev–Trinajstić information content (AvgIpc) is 3.21. The van der Waals surface area contributed by atoms with Crippen molar-refractivity contribution in [3.8, 4) is 0 Å². The minimum atomic E-state index is -4.71. The van der Waals surface area contributed by atoms with Crippen LogP contribution in [0, 0.1) is 0 Å². The van der Waals surface area contributed by atoms with E-state index in [0.717, 1.165) is 38.5 Å². The predicted octanol–water partition coefficient (Wildman–Crippen LogP) is 13.5.